The third kappa shape index (κ3) is 18.6. The summed E-state index contributed by atoms with van der Waals surface area (Å²) in [6.45, 7) is 6.03. The maximum atomic E-state index is 9.98. The minimum atomic E-state index is -0.193. The lowest BCUT2D eigenvalue weighted by atomic mass is 10.2. The Kier molecular flexibility index (Phi) is 13.1. The van der Waals surface area contributed by atoms with Crippen LogP contribution in [0.2, 0.25) is 0 Å². The predicted octanol–water partition coefficient (Wildman–Crippen LogP) is 1.93. The molecule has 0 aromatic heterocycles. The van der Waals surface area contributed by atoms with Gasteiger partial charge >= 0.3 is 0 Å². The summed E-state index contributed by atoms with van der Waals surface area (Å²) < 4.78 is 0. The van der Waals surface area contributed by atoms with Crippen LogP contribution in [0.1, 0.15) is 41.5 Å². The molecule has 2 nitrogen and oxygen atoms in total. The Morgan fingerprint density at radius 2 is 2.00 bits per heavy atom. The van der Waals surface area contributed by atoms with Crippen molar-refractivity contribution in [2.45, 2.75) is 40.0 Å². The quantitative estimate of drug-likeness (QED) is 0.628. The molecule has 1 amide bonds. The Balaban J connectivity index is -0.000000149. The number of carbonyl (C=O) groups is 1. The summed E-state index contributed by atoms with van der Waals surface area (Å²) in [5.41, 5.74) is 4.84. The predicted molar refractivity (Wildman–Crippen MR) is 42.2 cm³/mol. The number of nitrogens with two attached hydrogens (primary N) is 1. The summed E-state index contributed by atoms with van der Waals surface area (Å²) in [6.07, 6.45) is 2.51. The lowest BCUT2D eigenvalue weighted by Gasteiger charge is -1.86. The third-order valence-corrected chi connectivity index (χ3v) is 0.777. The molecule has 2 heteroatoms. The molecule has 0 bridgehead atoms. The number of unbranched alkanes of at least 4 members (excludes halogenated alkanes) is 1. The maximum absolute atomic E-state index is 9.98. The van der Waals surface area contributed by atoms with Gasteiger partial charge < -0.3 is 5.73 Å². The molecule has 0 spiro atoms. The van der Waals surface area contributed by atoms with Crippen molar-refractivity contribution >= 4 is 5.91 Å². The van der Waals surface area contributed by atoms with Crippen molar-refractivity contribution in [1.29, 1.82) is 0 Å². The summed E-state index contributed by atoms with van der Waals surface area (Å²) in [5, 5.41) is 0. The lowest BCUT2D eigenvalue weighted by molar-refractivity contribution is -0.118. The standard InChI is InChI=1S/C5H11NO.C2H6.H2/c1-2-3-4-5(6)7;1-2;/h2-4H2,1H3,(H2,6,7);1-2H3;1H. The van der Waals surface area contributed by atoms with E-state index in [0.717, 1.165) is 12.8 Å². The lowest BCUT2D eigenvalue weighted by Crippen LogP contribution is -2.09. The van der Waals surface area contributed by atoms with Crippen molar-refractivity contribution in [1.82, 2.24) is 0 Å². The summed E-state index contributed by atoms with van der Waals surface area (Å²) in [7, 11) is 0. The second-order valence-corrected chi connectivity index (χ2v) is 1.57. The van der Waals surface area contributed by atoms with Crippen molar-refractivity contribution < 1.29 is 6.22 Å². The Morgan fingerprint density at radius 1 is 1.56 bits per heavy atom. The normalized spacial score (nSPS) is 7.44. The van der Waals surface area contributed by atoms with Crippen molar-refractivity contribution in [3.63, 3.8) is 0 Å². The molecule has 0 fully saturated rings. The average molecular weight is 133 g/mol. The first-order valence-electron chi connectivity index (χ1n) is 3.55. The zero-order chi connectivity index (χ0) is 7.70. The van der Waals surface area contributed by atoms with Gasteiger partial charge in [0, 0.05) is 7.85 Å². The molecule has 0 aliphatic carbocycles. The number of primary amides is 1. The SMILES string of the molecule is CC.CCCCC(N)=O.[HH]. The molecule has 2 N–H and O–H groups in total. The largest absolute Gasteiger partial charge is 0.370 e. The second-order valence-electron chi connectivity index (χ2n) is 1.57. The van der Waals surface area contributed by atoms with E-state index in [4.69, 9.17) is 5.73 Å². The van der Waals surface area contributed by atoms with Crippen LogP contribution < -0.4 is 5.73 Å². The van der Waals surface area contributed by atoms with E-state index in [-0.39, 0.29) is 7.33 Å². The van der Waals surface area contributed by atoms with E-state index < -0.39 is 0 Å². The fraction of sp³-hybridized carbons (Fsp3) is 0.857. The molecule has 0 aromatic rings. The van der Waals surface area contributed by atoms with Crippen LogP contribution >= 0.6 is 0 Å². The van der Waals surface area contributed by atoms with Gasteiger partial charge in [-0.15, -0.1) is 0 Å². The first-order valence-corrected chi connectivity index (χ1v) is 3.55. The van der Waals surface area contributed by atoms with Gasteiger partial charge in [0.25, 0.3) is 0 Å². The molecule has 0 rings (SSSR count). The second kappa shape index (κ2) is 10.5. The van der Waals surface area contributed by atoms with Gasteiger partial charge in [0.05, 0.1) is 0 Å². The molecule has 0 radical (unpaired) electrons. The topological polar surface area (TPSA) is 43.1 Å². The van der Waals surface area contributed by atoms with Crippen LogP contribution in [-0.2, 0) is 4.79 Å². The van der Waals surface area contributed by atoms with Crippen molar-refractivity contribution in [2.24, 2.45) is 5.73 Å². The number of carbonyl (C=O) groups excluding carboxylic acids is 1. The van der Waals surface area contributed by atoms with E-state index in [1.165, 1.54) is 0 Å². The highest BCUT2D eigenvalue weighted by Gasteiger charge is 1.88. The molecule has 9 heavy (non-hydrogen) atoms. The van der Waals surface area contributed by atoms with E-state index >= 15 is 0 Å². The van der Waals surface area contributed by atoms with E-state index in [1.54, 1.807) is 0 Å². The smallest absolute Gasteiger partial charge is 0.217 e. The van der Waals surface area contributed by atoms with Gasteiger partial charge in [0.1, 0.15) is 0 Å². The Morgan fingerprint density at radius 3 is 2.11 bits per heavy atom. The first-order chi connectivity index (χ1) is 4.27. The minimum absolute atomic E-state index is 0. The monoisotopic (exact) mass is 133 g/mol. The molecule has 58 valence electrons. The first kappa shape index (κ1) is 11.3. The van der Waals surface area contributed by atoms with E-state index in [1.807, 2.05) is 20.8 Å². The summed E-state index contributed by atoms with van der Waals surface area (Å²) in [4.78, 5) is 9.98. The Labute approximate surface area is 58.9 Å². The van der Waals surface area contributed by atoms with Gasteiger partial charge in [-0.2, -0.15) is 0 Å². The summed E-state index contributed by atoms with van der Waals surface area (Å²) in [5.74, 6) is -0.193. The van der Waals surface area contributed by atoms with E-state index in [2.05, 4.69) is 0 Å². The third-order valence-electron chi connectivity index (χ3n) is 0.777. The van der Waals surface area contributed by atoms with Crippen LogP contribution in [0.5, 0.6) is 0 Å². The molecule has 0 aromatic carbocycles. The fourth-order valence-corrected chi connectivity index (χ4v) is 0.351. The van der Waals surface area contributed by atoms with Crippen LogP contribution in [0.25, 0.3) is 0 Å². The highest BCUT2D eigenvalue weighted by atomic mass is 16.1. The van der Waals surface area contributed by atoms with Gasteiger partial charge in [-0.1, -0.05) is 27.2 Å². The molecule has 0 saturated heterocycles. The number of amides is 1. The molecular weight excluding hydrogens is 114 g/mol. The minimum Gasteiger partial charge on any atom is -0.370 e. The van der Waals surface area contributed by atoms with E-state index in [9.17, 15) is 4.79 Å². The van der Waals surface area contributed by atoms with Crippen molar-refractivity contribution in [3.05, 3.63) is 0 Å². The molecular formula is C7H19NO. The summed E-state index contributed by atoms with van der Waals surface area (Å²) >= 11 is 0. The van der Waals surface area contributed by atoms with Crippen LogP contribution in [0.4, 0.5) is 0 Å². The van der Waals surface area contributed by atoms with Gasteiger partial charge in [-0.3, -0.25) is 4.79 Å². The van der Waals surface area contributed by atoms with Gasteiger partial charge in [0.15, 0.2) is 0 Å². The zero-order valence-electron chi connectivity index (χ0n) is 6.61. The average Bonchev–Trinajstić information content (AvgIpc) is 1.88. The number of hydrogen-bond donors (Lipinski definition) is 1. The molecule has 0 aliphatic heterocycles. The van der Waals surface area contributed by atoms with Gasteiger partial charge in [-0.25, -0.2) is 0 Å². The highest BCUT2D eigenvalue weighted by molar-refractivity contribution is 5.73. The molecule has 0 saturated carbocycles. The van der Waals surface area contributed by atoms with Crippen LogP contribution in [0, 0.1) is 0 Å². The number of hydrogen-bond acceptors (Lipinski definition) is 1. The van der Waals surface area contributed by atoms with E-state index in [0.29, 0.717) is 6.42 Å². The van der Waals surface area contributed by atoms with Crippen LogP contribution in [-0.4, -0.2) is 5.91 Å². The molecule has 0 atom stereocenters. The molecule has 0 aliphatic rings. The van der Waals surface area contributed by atoms with Gasteiger partial charge in [-0.05, 0) is 6.42 Å². The van der Waals surface area contributed by atoms with Crippen molar-refractivity contribution in [3.8, 4) is 0 Å². The molecule has 0 unspecified atom stereocenters. The fourth-order valence-electron chi connectivity index (χ4n) is 0.351. The highest BCUT2D eigenvalue weighted by Crippen LogP contribution is 1.89. The Hall–Kier alpha value is -0.530. The van der Waals surface area contributed by atoms with Crippen molar-refractivity contribution in [2.75, 3.05) is 0 Å². The van der Waals surface area contributed by atoms with Gasteiger partial charge in [0.2, 0.25) is 5.91 Å². The number of rotatable bonds is 3. The summed E-state index contributed by atoms with van der Waals surface area (Å²) in [6, 6.07) is 0. The van der Waals surface area contributed by atoms with Crippen LogP contribution in [0.3, 0.4) is 0 Å². The zero-order valence-corrected chi connectivity index (χ0v) is 6.61. The van der Waals surface area contributed by atoms with Crippen LogP contribution in [0.15, 0.2) is 0 Å². The molecule has 0 heterocycles. The maximum Gasteiger partial charge on any atom is 0.217 e. The Bertz CT molecular complexity index is 66.6.